The van der Waals surface area contributed by atoms with Crippen molar-refractivity contribution in [2.24, 2.45) is 0 Å². The van der Waals surface area contributed by atoms with Crippen molar-refractivity contribution >= 4 is 0 Å². The van der Waals surface area contributed by atoms with E-state index in [1.807, 2.05) is 13.0 Å². The lowest BCUT2D eigenvalue weighted by Crippen LogP contribution is -2.31. The number of ether oxygens (including phenoxy) is 1. The Labute approximate surface area is 90.0 Å². The Morgan fingerprint density at radius 1 is 1.53 bits per heavy atom. The highest BCUT2D eigenvalue weighted by Gasteiger charge is 2.13. The number of nitrogens with zero attached hydrogens (tertiary/aromatic N) is 1. The van der Waals surface area contributed by atoms with Crippen molar-refractivity contribution in [3.63, 3.8) is 0 Å². The third kappa shape index (κ3) is 3.32. The highest BCUT2D eigenvalue weighted by Crippen LogP contribution is 2.11. The van der Waals surface area contributed by atoms with Gasteiger partial charge >= 0.3 is 0 Å². The van der Waals surface area contributed by atoms with Gasteiger partial charge in [-0.2, -0.15) is 0 Å². The minimum atomic E-state index is 0.378. The molecule has 0 bridgehead atoms. The van der Waals surface area contributed by atoms with Gasteiger partial charge < -0.3 is 14.6 Å². The molecule has 1 unspecified atom stereocenters. The molecule has 0 spiro atoms. The Morgan fingerprint density at radius 3 is 3.13 bits per heavy atom. The summed E-state index contributed by atoms with van der Waals surface area (Å²) in [6.45, 7) is 4.48. The van der Waals surface area contributed by atoms with Crippen molar-refractivity contribution in [1.82, 2.24) is 10.5 Å². The van der Waals surface area contributed by atoms with E-state index in [4.69, 9.17) is 9.26 Å². The second-order valence-corrected chi connectivity index (χ2v) is 4.05. The molecule has 1 saturated heterocycles. The molecule has 1 aliphatic rings. The van der Waals surface area contributed by atoms with Crippen molar-refractivity contribution in [2.75, 3.05) is 13.2 Å². The van der Waals surface area contributed by atoms with Crippen molar-refractivity contribution in [3.05, 3.63) is 17.5 Å². The van der Waals surface area contributed by atoms with E-state index in [1.165, 1.54) is 19.3 Å². The normalized spacial score (nSPS) is 21.8. The maximum atomic E-state index is 5.61. The molecule has 2 heterocycles. The smallest absolute Gasteiger partial charge is 0.150 e. The first-order chi connectivity index (χ1) is 7.34. The molecule has 4 heteroatoms. The van der Waals surface area contributed by atoms with Crippen LogP contribution in [0.1, 0.15) is 30.7 Å². The third-order valence-electron chi connectivity index (χ3n) is 2.62. The molecule has 1 atom stereocenters. The van der Waals surface area contributed by atoms with E-state index in [2.05, 4.69) is 10.5 Å². The molecule has 4 nitrogen and oxygen atoms in total. The summed E-state index contributed by atoms with van der Waals surface area (Å²) < 4.78 is 10.7. The first-order valence-electron chi connectivity index (χ1n) is 5.59. The van der Waals surface area contributed by atoms with E-state index < -0.39 is 0 Å². The number of aromatic nitrogens is 1. The van der Waals surface area contributed by atoms with Gasteiger partial charge in [-0.3, -0.25) is 0 Å². The van der Waals surface area contributed by atoms with Crippen LogP contribution in [0.4, 0.5) is 0 Å². The summed E-state index contributed by atoms with van der Waals surface area (Å²) in [5.41, 5.74) is 0.931. The summed E-state index contributed by atoms with van der Waals surface area (Å²) >= 11 is 0. The van der Waals surface area contributed by atoms with Gasteiger partial charge in [0.25, 0.3) is 0 Å². The van der Waals surface area contributed by atoms with Crippen LogP contribution < -0.4 is 5.32 Å². The molecule has 2 rings (SSSR count). The van der Waals surface area contributed by atoms with Crippen LogP contribution in [-0.2, 0) is 11.3 Å². The number of rotatable bonds is 4. The second-order valence-electron chi connectivity index (χ2n) is 4.05. The number of hydrogen-bond donors (Lipinski definition) is 1. The number of aryl methyl sites for hydroxylation is 1. The topological polar surface area (TPSA) is 47.3 Å². The summed E-state index contributed by atoms with van der Waals surface area (Å²) in [6, 6.07) is 1.95. The standard InChI is InChI=1S/C11H18N2O2/c1-9-6-11(15-13-9)8-12-7-10-4-2-3-5-14-10/h6,10,12H,2-5,7-8H2,1H3. The van der Waals surface area contributed by atoms with Gasteiger partial charge in [0, 0.05) is 19.2 Å². The first kappa shape index (κ1) is 10.6. The summed E-state index contributed by atoms with van der Waals surface area (Å²) in [6.07, 6.45) is 4.04. The summed E-state index contributed by atoms with van der Waals surface area (Å²) in [7, 11) is 0. The molecule has 1 aromatic rings. The van der Waals surface area contributed by atoms with E-state index in [-0.39, 0.29) is 0 Å². The van der Waals surface area contributed by atoms with Crippen molar-refractivity contribution < 1.29 is 9.26 Å². The van der Waals surface area contributed by atoms with E-state index >= 15 is 0 Å². The Morgan fingerprint density at radius 2 is 2.47 bits per heavy atom. The van der Waals surface area contributed by atoms with E-state index in [9.17, 15) is 0 Å². The molecule has 1 aromatic heterocycles. The zero-order valence-corrected chi connectivity index (χ0v) is 9.16. The molecule has 0 saturated carbocycles. The molecule has 84 valence electrons. The zero-order valence-electron chi connectivity index (χ0n) is 9.16. The fraction of sp³-hybridized carbons (Fsp3) is 0.727. The molecule has 1 N–H and O–H groups in total. The lowest BCUT2D eigenvalue weighted by atomic mass is 10.1. The Balaban J connectivity index is 1.65. The molecule has 0 amide bonds. The summed E-state index contributed by atoms with van der Waals surface area (Å²) in [4.78, 5) is 0. The minimum absolute atomic E-state index is 0.378. The van der Waals surface area contributed by atoms with Crippen LogP contribution >= 0.6 is 0 Å². The molecule has 0 radical (unpaired) electrons. The minimum Gasteiger partial charge on any atom is -0.377 e. The van der Waals surface area contributed by atoms with Crippen LogP contribution in [-0.4, -0.2) is 24.4 Å². The van der Waals surface area contributed by atoms with E-state index in [1.54, 1.807) is 0 Å². The Hall–Kier alpha value is -0.870. The molecular formula is C11H18N2O2. The molecule has 15 heavy (non-hydrogen) atoms. The maximum absolute atomic E-state index is 5.61. The molecule has 0 aliphatic carbocycles. The van der Waals surface area contributed by atoms with Crippen LogP contribution in [0.3, 0.4) is 0 Å². The van der Waals surface area contributed by atoms with Crippen LogP contribution in [0.15, 0.2) is 10.6 Å². The molecule has 0 aromatic carbocycles. The van der Waals surface area contributed by atoms with Crippen LogP contribution in [0.5, 0.6) is 0 Å². The highest BCUT2D eigenvalue weighted by molar-refractivity contribution is 5.02. The van der Waals surface area contributed by atoms with Gasteiger partial charge in [0.15, 0.2) is 5.76 Å². The fourth-order valence-electron chi connectivity index (χ4n) is 1.82. The third-order valence-corrected chi connectivity index (χ3v) is 2.62. The average molecular weight is 210 g/mol. The van der Waals surface area contributed by atoms with E-state index in [0.29, 0.717) is 6.10 Å². The zero-order chi connectivity index (χ0) is 10.5. The van der Waals surface area contributed by atoms with Gasteiger partial charge in [-0.25, -0.2) is 0 Å². The van der Waals surface area contributed by atoms with Crippen LogP contribution in [0.2, 0.25) is 0 Å². The Kier molecular flexibility index (Phi) is 3.75. The van der Waals surface area contributed by atoms with Crippen LogP contribution in [0, 0.1) is 6.92 Å². The summed E-state index contributed by atoms with van der Waals surface area (Å²) in [5.74, 6) is 0.892. The summed E-state index contributed by atoms with van der Waals surface area (Å²) in [5, 5.41) is 7.16. The SMILES string of the molecule is Cc1cc(CNCC2CCCCO2)on1. The van der Waals surface area contributed by atoms with Gasteiger partial charge in [0.2, 0.25) is 0 Å². The molecule has 1 fully saturated rings. The van der Waals surface area contributed by atoms with Crippen LogP contribution in [0.25, 0.3) is 0 Å². The largest absolute Gasteiger partial charge is 0.377 e. The highest BCUT2D eigenvalue weighted by atomic mass is 16.5. The number of hydrogen-bond acceptors (Lipinski definition) is 4. The number of nitrogens with one attached hydrogen (secondary N) is 1. The predicted molar refractivity (Wildman–Crippen MR) is 56.5 cm³/mol. The first-order valence-corrected chi connectivity index (χ1v) is 5.59. The molecular weight excluding hydrogens is 192 g/mol. The quantitative estimate of drug-likeness (QED) is 0.820. The molecule has 1 aliphatic heterocycles. The van der Waals surface area contributed by atoms with Crippen molar-refractivity contribution in [2.45, 2.75) is 38.8 Å². The van der Waals surface area contributed by atoms with Gasteiger partial charge in [-0.15, -0.1) is 0 Å². The lowest BCUT2D eigenvalue weighted by Gasteiger charge is -2.22. The maximum Gasteiger partial charge on any atom is 0.150 e. The van der Waals surface area contributed by atoms with Gasteiger partial charge in [-0.05, 0) is 26.2 Å². The second kappa shape index (κ2) is 5.28. The van der Waals surface area contributed by atoms with E-state index in [0.717, 1.165) is 31.2 Å². The fourth-order valence-corrected chi connectivity index (χ4v) is 1.82. The van der Waals surface area contributed by atoms with Gasteiger partial charge in [0.1, 0.15) is 0 Å². The Bertz CT molecular complexity index is 293. The van der Waals surface area contributed by atoms with Gasteiger partial charge in [0.05, 0.1) is 18.3 Å². The predicted octanol–water partition coefficient (Wildman–Crippen LogP) is 1.64. The van der Waals surface area contributed by atoms with Crippen molar-refractivity contribution in [1.29, 1.82) is 0 Å². The monoisotopic (exact) mass is 210 g/mol. The average Bonchev–Trinajstić information content (AvgIpc) is 2.66. The van der Waals surface area contributed by atoms with Crippen molar-refractivity contribution in [3.8, 4) is 0 Å². The van der Waals surface area contributed by atoms with Gasteiger partial charge in [-0.1, -0.05) is 5.16 Å². The lowest BCUT2D eigenvalue weighted by molar-refractivity contribution is 0.0165.